The van der Waals surface area contributed by atoms with Gasteiger partial charge in [-0.2, -0.15) is 25.3 Å². The number of amides is 10. The van der Waals surface area contributed by atoms with E-state index in [1.54, 1.807) is 54.7 Å². The van der Waals surface area contributed by atoms with E-state index >= 15 is 0 Å². The van der Waals surface area contributed by atoms with Crippen LogP contribution < -0.4 is 71.2 Å². The third-order valence-corrected chi connectivity index (χ3v) is 15.7. The second-order valence-electron chi connectivity index (χ2n) is 21.9. The van der Waals surface area contributed by atoms with Crippen LogP contribution in [0.5, 0.6) is 5.75 Å². The quantitative estimate of drug-likeness (QED) is 0.00844. The number of aromatic hydroxyl groups is 1. The highest BCUT2D eigenvalue weighted by Crippen LogP contribution is 2.22. The third kappa shape index (κ3) is 22.0. The molecule has 30 nitrogen and oxygen atoms in total. The minimum absolute atomic E-state index is 0.0119. The minimum Gasteiger partial charge on any atom is -0.508 e. The number of hydrogen-bond acceptors (Lipinski definition) is 16. The van der Waals surface area contributed by atoms with Gasteiger partial charge in [-0.25, -0.2) is 4.98 Å². The topological polar surface area (TPSA) is 490 Å². The number of phenolic OH excluding ortho intramolecular Hbond substituents is 1. The van der Waals surface area contributed by atoms with Crippen molar-refractivity contribution in [2.75, 3.05) is 31.1 Å². The molecule has 0 unspecified atom stereocenters. The Labute approximate surface area is 541 Å². The minimum atomic E-state index is -1.44. The monoisotopic (exact) mass is 1310 g/mol. The van der Waals surface area contributed by atoms with Gasteiger partial charge in [-0.3, -0.25) is 57.9 Å². The number of fused-ring (bicyclic) bond motifs is 1. The van der Waals surface area contributed by atoms with Gasteiger partial charge in [0.05, 0.1) is 6.33 Å². The average molecular weight is 1310 g/mol. The van der Waals surface area contributed by atoms with Crippen LogP contribution in [0.25, 0.3) is 10.9 Å². The van der Waals surface area contributed by atoms with Gasteiger partial charge in [0.25, 0.3) is 0 Å². The summed E-state index contributed by atoms with van der Waals surface area (Å²) in [5.74, 6) is -8.54. The highest BCUT2D eigenvalue weighted by Gasteiger charge is 2.41. The fourth-order valence-electron chi connectivity index (χ4n) is 10.3. The van der Waals surface area contributed by atoms with Gasteiger partial charge in [0, 0.05) is 92.7 Å². The van der Waals surface area contributed by atoms with E-state index in [-0.39, 0.29) is 107 Å². The first-order valence-corrected chi connectivity index (χ1v) is 31.0. The molecule has 5 aromatic rings. The number of nitrogens with one attached hydrogen (secondary N) is 10. The maximum atomic E-state index is 14.9. The molecule has 0 aliphatic carbocycles. The van der Waals surface area contributed by atoms with Crippen LogP contribution in [0.2, 0.25) is 0 Å². The van der Waals surface area contributed by atoms with Crippen LogP contribution in [-0.2, 0) is 73.6 Å². The van der Waals surface area contributed by atoms with E-state index in [4.69, 9.17) is 28.7 Å². The van der Waals surface area contributed by atoms with Gasteiger partial charge < -0.3 is 91.2 Å². The van der Waals surface area contributed by atoms with Crippen molar-refractivity contribution in [2.45, 2.75) is 126 Å². The van der Waals surface area contributed by atoms with Crippen LogP contribution in [0.1, 0.15) is 67.8 Å². The highest BCUT2D eigenvalue weighted by molar-refractivity contribution is 7.80. The van der Waals surface area contributed by atoms with Gasteiger partial charge in [-0.15, -0.1) is 0 Å². The van der Waals surface area contributed by atoms with Crippen LogP contribution >= 0.6 is 25.3 Å². The molecule has 0 saturated carbocycles. The Hall–Kier alpha value is -9.85. The van der Waals surface area contributed by atoms with Gasteiger partial charge in [0.15, 0.2) is 11.9 Å². The molecular weight excluding hydrogens is 1230 g/mol. The molecule has 32 heteroatoms. The van der Waals surface area contributed by atoms with Crippen LogP contribution in [-0.4, -0.2) is 181 Å². The summed E-state index contributed by atoms with van der Waals surface area (Å²) in [5, 5.41) is 32.1. The summed E-state index contributed by atoms with van der Waals surface area (Å²) in [7, 11) is 0. The number of aliphatic imine (C=N–C) groups is 2. The van der Waals surface area contributed by atoms with E-state index in [9.17, 15) is 53.1 Å². The van der Waals surface area contributed by atoms with Gasteiger partial charge in [-0.1, -0.05) is 60.7 Å². The average Bonchev–Trinajstić information content (AvgIpc) is 1.73. The smallest absolute Gasteiger partial charge is 0.246 e. The summed E-state index contributed by atoms with van der Waals surface area (Å²) in [6, 6.07) is 10.1. The molecule has 6 rings (SSSR count). The van der Waals surface area contributed by atoms with Gasteiger partial charge >= 0.3 is 0 Å². The normalized spacial score (nSPS) is 15.3. The fraction of sp³-hybridized carbons (Fsp3) is 0.417. The fourth-order valence-corrected chi connectivity index (χ4v) is 10.8. The van der Waals surface area contributed by atoms with Crippen molar-refractivity contribution in [1.29, 1.82) is 0 Å². The van der Waals surface area contributed by atoms with Gasteiger partial charge in [0.1, 0.15) is 60.1 Å². The number of nitrogens with two attached hydrogens (primary N) is 5. The van der Waals surface area contributed by atoms with Crippen LogP contribution in [0.3, 0.4) is 0 Å². The zero-order valence-electron chi connectivity index (χ0n) is 50.6. The number of imidazole rings is 1. The number of phenols is 1. The van der Waals surface area contributed by atoms with Crippen molar-refractivity contribution in [3.05, 3.63) is 120 Å². The first-order valence-electron chi connectivity index (χ1n) is 29.7. The number of para-hydroxylation sites is 1. The first-order chi connectivity index (χ1) is 44.0. The van der Waals surface area contributed by atoms with Crippen molar-refractivity contribution >= 4 is 107 Å². The second-order valence-corrected chi connectivity index (χ2v) is 22.7. The van der Waals surface area contributed by atoms with Crippen molar-refractivity contribution < 1.29 is 53.1 Å². The van der Waals surface area contributed by atoms with Crippen LogP contribution in [0, 0.1) is 0 Å². The number of hydrogen-bond donors (Lipinski definition) is 18. The van der Waals surface area contributed by atoms with E-state index in [1.165, 1.54) is 36.5 Å². The van der Waals surface area contributed by atoms with E-state index in [0.717, 1.165) is 10.9 Å². The molecule has 0 bridgehead atoms. The Balaban J connectivity index is 1.22. The summed E-state index contributed by atoms with van der Waals surface area (Å²) in [5.41, 5.74) is 30.8. The largest absolute Gasteiger partial charge is 0.508 e. The molecular formula is C60H81N19O11S2. The molecule has 0 radical (unpaired) electrons. The molecule has 0 spiro atoms. The lowest BCUT2D eigenvalue weighted by molar-refractivity contribution is -0.142. The number of carbonyl (C=O) groups excluding carboxylic acids is 10. The molecule has 1 aliphatic rings. The van der Waals surface area contributed by atoms with E-state index in [2.05, 4.69) is 92.7 Å². The SMILES string of the molecule is CC(=O)N[C@@H](Cc1ccc(O)cc1)C(=O)N[C@@H](CCCN=C(N)N)C(=O)N[C@@H](CS)C(=O)N1CCC[C@H]1C(=O)N[C@@H](Cc1cnc[nH]1)C(=O)N[C@H](Cc1ccccc1)C(=O)N[C@@H](CCCN=C(N)N)C(=O)N[C@@H](Cc1c[nH]c2ccccc12)C(=O)N[C@@H](CS)C(N)=O. The van der Waals surface area contributed by atoms with Gasteiger partial charge in [0.2, 0.25) is 59.1 Å². The Morgan fingerprint density at radius 2 is 1.08 bits per heavy atom. The van der Waals surface area contributed by atoms with E-state index < -0.39 is 113 Å². The molecule has 92 heavy (non-hydrogen) atoms. The summed E-state index contributed by atoms with van der Waals surface area (Å²) in [6.07, 6.45) is 4.74. The maximum absolute atomic E-state index is 14.9. The number of aromatic amines is 2. The van der Waals surface area contributed by atoms with Crippen LogP contribution in [0.4, 0.5) is 0 Å². The maximum Gasteiger partial charge on any atom is 0.246 e. The van der Waals surface area contributed by atoms with Gasteiger partial charge in [-0.05, 0) is 73.4 Å². The molecule has 21 N–H and O–H groups in total. The molecule has 9 atom stereocenters. The summed E-state index contributed by atoms with van der Waals surface area (Å²) < 4.78 is 0. The Morgan fingerprint density at radius 1 is 0.587 bits per heavy atom. The molecule has 3 heterocycles. The summed E-state index contributed by atoms with van der Waals surface area (Å²) in [6.45, 7) is 1.39. The Morgan fingerprint density at radius 3 is 1.61 bits per heavy atom. The Bertz CT molecular complexity index is 3400. The second kappa shape index (κ2) is 35.5. The lowest BCUT2D eigenvalue weighted by Crippen LogP contribution is -2.61. The van der Waals surface area contributed by atoms with Crippen molar-refractivity contribution in [1.82, 2.24) is 62.4 Å². The number of benzene rings is 3. The molecule has 1 fully saturated rings. The zero-order chi connectivity index (χ0) is 66.9. The van der Waals surface area contributed by atoms with E-state index in [0.29, 0.717) is 28.8 Å². The number of nitrogens with zero attached hydrogens (tertiary/aromatic N) is 4. The first kappa shape index (κ1) is 71.2. The number of rotatable bonds is 35. The number of primary amides is 1. The number of guanidine groups is 2. The number of thiol groups is 2. The highest BCUT2D eigenvalue weighted by atomic mass is 32.1. The molecule has 1 saturated heterocycles. The number of carbonyl (C=O) groups is 10. The summed E-state index contributed by atoms with van der Waals surface area (Å²) in [4.78, 5) is 159. The molecule has 10 amide bonds. The van der Waals surface area contributed by atoms with Crippen LogP contribution in [0.15, 0.2) is 108 Å². The number of likely N-dealkylation sites (tertiary alicyclic amines) is 1. The molecule has 2 aromatic heterocycles. The van der Waals surface area contributed by atoms with Crippen molar-refractivity contribution in [3.63, 3.8) is 0 Å². The number of aromatic nitrogens is 3. The predicted molar refractivity (Wildman–Crippen MR) is 349 cm³/mol. The lowest BCUT2D eigenvalue weighted by atomic mass is 10.0. The molecule has 3 aromatic carbocycles. The van der Waals surface area contributed by atoms with Crippen molar-refractivity contribution in [2.24, 2.45) is 38.7 Å². The van der Waals surface area contributed by atoms with Crippen molar-refractivity contribution in [3.8, 4) is 5.75 Å². The zero-order valence-corrected chi connectivity index (χ0v) is 52.4. The lowest BCUT2D eigenvalue weighted by Gasteiger charge is -2.30. The predicted octanol–water partition coefficient (Wildman–Crippen LogP) is -2.79. The Kier molecular flexibility index (Phi) is 27.5. The standard InChI is InChI=1S/C60H81N19O11S2/c1-33(80)71-43(25-35-17-19-38(81)20-18-35)53(85)72-42(15-8-22-68-60(64)65)52(84)78-48(31-92)58(90)79-23-9-16-49(79)57(89)76-46(27-37-29-66-32-70-37)56(88)74-44(24-34-10-3-2-4-11-34)54(86)73-41(14-7-21-67-59(62)63)51(83)75-45(55(87)77-47(30-91)50(61)82)26-36-28-69-40-13-6-5-12-39(36)40/h2-6,10-13,17-20,28-29,32,41-49,69,81,91-92H,7-9,14-16,21-27,30-31H2,1H3,(H2,61,82)(H,66,70)(H,71,80)(H,72,85)(H,73,86)(H,74,88)(H,75,83)(H,76,89)(H,77,87)(H,78,84)(H4,62,63,67)(H4,64,65,68)/t41-,42-,43-,44+,45-,46-,47-,48-,49-/m0/s1. The van der Waals surface area contributed by atoms with E-state index in [1.807, 2.05) is 18.2 Å². The summed E-state index contributed by atoms with van der Waals surface area (Å²) >= 11 is 8.57. The number of H-pyrrole nitrogens is 2. The molecule has 494 valence electrons. The molecule has 1 aliphatic heterocycles. The third-order valence-electron chi connectivity index (χ3n) is 15.0.